The summed E-state index contributed by atoms with van der Waals surface area (Å²) in [4.78, 5) is 17.7. The van der Waals surface area contributed by atoms with E-state index in [4.69, 9.17) is 4.74 Å². The van der Waals surface area contributed by atoms with Gasteiger partial charge in [0.1, 0.15) is 5.60 Å². The molecule has 24 heavy (non-hydrogen) atoms. The molecule has 1 heterocycles. The van der Waals surface area contributed by atoms with E-state index < -0.39 is 5.60 Å². The Labute approximate surface area is 149 Å². The maximum Gasteiger partial charge on any atom is 0.407 e. The van der Waals surface area contributed by atoms with E-state index in [1.54, 1.807) is 11.3 Å². The van der Waals surface area contributed by atoms with E-state index in [0.29, 0.717) is 0 Å². The highest BCUT2D eigenvalue weighted by molar-refractivity contribution is 7.11. The molecule has 0 aromatic carbocycles. The highest BCUT2D eigenvalue weighted by Crippen LogP contribution is 2.27. The Kier molecular flexibility index (Phi) is 5.91. The molecule has 2 N–H and O–H groups in total. The van der Waals surface area contributed by atoms with Gasteiger partial charge in [-0.3, -0.25) is 0 Å². The van der Waals surface area contributed by atoms with Crippen LogP contribution in [0.3, 0.4) is 0 Å². The summed E-state index contributed by atoms with van der Waals surface area (Å²) in [5.74, 6) is 0. The van der Waals surface area contributed by atoms with Crippen LogP contribution < -0.4 is 10.6 Å². The van der Waals surface area contributed by atoms with Crippen molar-refractivity contribution < 1.29 is 9.53 Å². The molecule has 0 aliphatic heterocycles. The molecule has 2 unspecified atom stereocenters. The molecule has 0 saturated heterocycles. The fourth-order valence-corrected chi connectivity index (χ4v) is 3.72. The summed E-state index contributed by atoms with van der Waals surface area (Å²) in [5, 5.41) is 7.76. The summed E-state index contributed by atoms with van der Waals surface area (Å²) in [5.41, 5.74) is -0.366. The smallest absolute Gasteiger partial charge is 0.407 e. The van der Waals surface area contributed by atoms with Crippen LogP contribution in [0.25, 0.3) is 0 Å². The van der Waals surface area contributed by atoms with Crippen LogP contribution in [0.4, 0.5) is 4.79 Å². The summed E-state index contributed by atoms with van der Waals surface area (Å²) in [6.45, 7) is 13.0. The maximum atomic E-state index is 12.0. The molecule has 136 valence electrons. The minimum Gasteiger partial charge on any atom is -0.444 e. The molecule has 0 bridgehead atoms. The number of hydrogen-bond acceptors (Lipinski definition) is 5. The molecule has 6 heteroatoms. The number of carbonyl (C=O) groups excluding carboxylic acids is 1. The lowest BCUT2D eigenvalue weighted by Crippen LogP contribution is -2.47. The molecular formula is C18H31N3O2S. The van der Waals surface area contributed by atoms with Gasteiger partial charge in [0.25, 0.3) is 0 Å². The molecule has 2 rings (SSSR count). The number of ether oxygens (including phenoxy) is 1. The van der Waals surface area contributed by atoms with E-state index in [-0.39, 0.29) is 23.6 Å². The Morgan fingerprint density at radius 3 is 2.50 bits per heavy atom. The maximum absolute atomic E-state index is 12.0. The van der Waals surface area contributed by atoms with Crippen molar-refractivity contribution in [2.45, 2.75) is 90.4 Å². The number of thiazole rings is 1. The number of alkyl carbamates (subject to hydrolysis) is 1. The first-order chi connectivity index (χ1) is 11.0. The second-order valence-corrected chi connectivity index (χ2v) is 9.67. The van der Waals surface area contributed by atoms with E-state index in [1.807, 2.05) is 27.0 Å². The number of amides is 1. The van der Waals surface area contributed by atoms with Crippen molar-refractivity contribution in [1.29, 1.82) is 0 Å². The van der Waals surface area contributed by atoms with E-state index in [9.17, 15) is 4.79 Å². The molecular weight excluding hydrogens is 322 g/mol. The van der Waals surface area contributed by atoms with Crippen molar-refractivity contribution in [3.8, 4) is 0 Å². The monoisotopic (exact) mass is 353 g/mol. The van der Waals surface area contributed by atoms with Gasteiger partial charge in [0, 0.05) is 35.1 Å². The first kappa shape index (κ1) is 19.2. The second kappa shape index (κ2) is 7.40. The van der Waals surface area contributed by atoms with Crippen LogP contribution >= 0.6 is 11.3 Å². The fourth-order valence-electron chi connectivity index (χ4n) is 2.80. The van der Waals surface area contributed by atoms with Gasteiger partial charge in [-0.1, -0.05) is 20.8 Å². The topological polar surface area (TPSA) is 63.2 Å². The number of rotatable bonds is 4. The van der Waals surface area contributed by atoms with Crippen LogP contribution in [0.15, 0.2) is 6.20 Å². The largest absolute Gasteiger partial charge is 0.444 e. The van der Waals surface area contributed by atoms with Crippen molar-refractivity contribution in [2.24, 2.45) is 0 Å². The van der Waals surface area contributed by atoms with Gasteiger partial charge >= 0.3 is 6.09 Å². The van der Waals surface area contributed by atoms with Crippen molar-refractivity contribution in [1.82, 2.24) is 15.6 Å². The number of carbonyl (C=O) groups is 1. The Morgan fingerprint density at radius 1 is 1.25 bits per heavy atom. The molecule has 1 fully saturated rings. The van der Waals surface area contributed by atoms with Crippen LogP contribution in [0.2, 0.25) is 0 Å². The number of nitrogens with one attached hydrogen (secondary N) is 2. The van der Waals surface area contributed by atoms with Gasteiger partial charge in [0.15, 0.2) is 0 Å². The van der Waals surface area contributed by atoms with Gasteiger partial charge in [-0.15, -0.1) is 11.3 Å². The van der Waals surface area contributed by atoms with Crippen LogP contribution in [0, 0.1) is 0 Å². The van der Waals surface area contributed by atoms with Crippen LogP contribution in [0.1, 0.15) is 70.7 Å². The van der Waals surface area contributed by atoms with Crippen LogP contribution in [0.5, 0.6) is 0 Å². The first-order valence-electron chi connectivity index (χ1n) is 8.73. The van der Waals surface area contributed by atoms with Gasteiger partial charge in [-0.05, 0) is 40.0 Å². The second-order valence-electron chi connectivity index (χ2n) is 8.55. The summed E-state index contributed by atoms with van der Waals surface area (Å²) in [6, 6.07) is 0.424. The summed E-state index contributed by atoms with van der Waals surface area (Å²) in [7, 11) is 0. The average Bonchev–Trinajstić information content (AvgIpc) is 3.02. The van der Waals surface area contributed by atoms with E-state index in [0.717, 1.165) is 30.8 Å². The normalized spacial score (nSPS) is 21.8. The Morgan fingerprint density at radius 2 is 1.92 bits per heavy atom. The fraction of sp³-hybridized carbons (Fsp3) is 0.778. The minimum absolute atomic E-state index is 0.0943. The quantitative estimate of drug-likeness (QED) is 0.859. The lowest BCUT2D eigenvalue weighted by atomic mass is 9.98. The van der Waals surface area contributed by atoms with E-state index in [1.165, 1.54) is 4.88 Å². The standard InChI is InChI=1S/C18H31N3O2S/c1-17(2,3)15-20-11-12(24-15)10-19-13-8-7-9-14(13)21-16(22)23-18(4,5)6/h11,13-14,19H,7-10H2,1-6H3,(H,21,22). The zero-order valence-electron chi connectivity index (χ0n) is 15.7. The SMILES string of the molecule is CC(C)(C)OC(=O)NC1CCCC1NCc1cnc(C(C)(C)C)s1. The third-order valence-electron chi connectivity index (χ3n) is 3.95. The van der Waals surface area contributed by atoms with Crippen molar-refractivity contribution >= 4 is 17.4 Å². The molecule has 1 aliphatic carbocycles. The van der Waals surface area contributed by atoms with Gasteiger partial charge in [0.2, 0.25) is 0 Å². The third kappa shape index (κ3) is 5.74. The zero-order valence-corrected chi connectivity index (χ0v) is 16.5. The van der Waals surface area contributed by atoms with Gasteiger partial charge in [-0.2, -0.15) is 0 Å². The molecule has 2 atom stereocenters. The Balaban J connectivity index is 1.85. The van der Waals surface area contributed by atoms with Gasteiger partial charge in [-0.25, -0.2) is 9.78 Å². The molecule has 1 aromatic heterocycles. The van der Waals surface area contributed by atoms with E-state index >= 15 is 0 Å². The lowest BCUT2D eigenvalue weighted by molar-refractivity contribution is 0.0498. The molecule has 1 saturated carbocycles. The van der Waals surface area contributed by atoms with Crippen molar-refractivity contribution in [2.75, 3.05) is 0 Å². The molecule has 0 spiro atoms. The molecule has 1 aromatic rings. The van der Waals surface area contributed by atoms with E-state index in [2.05, 4.69) is 36.4 Å². The van der Waals surface area contributed by atoms with Crippen molar-refractivity contribution in [3.05, 3.63) is 16.1 Å². The number of hydrogen-bond donors (Lipinski definition) is 2. The first-order valence-corrected chi connectivity index (χ1v) is 9.54. The predicted octanol–water partition coefficient (Wildman–Crippen LogP) is 3.98. The third-order valence-corrected chi connectivity index (χ3v) is 5.37. The zero-order chi connectivity index (χ0) is 18.0. The van der Waals surface area contributed by atoms with Crippen molar-refractivity contribution in [3.63, 3.8) is 0 Å². The minimum atomic E-state index is -0.461. The highest BCUT2D eigenvalue weighted by atomic mass is 32.1. The van der Waals surface area contributed by atoms with Crippen LogP contribution in [-0.4, -0.2) is 28.8 Å². The average molecular weight is 354 g/mol. The van der Waals surface area contributed by atoms with Crippen LogP contribution in [-0.2, 0) is 16.7 Å². The van der Waals surface area contributed by atoms with Gasteiger partial charge < -0.3 is 15.4 Å². The Bertz CT molecular complexity index is 557. The number of nitrogens with zero attached hydrogens (tertiary/aromatic N) is 1. The highest BCUT2D eigenvalue weighted by Gasteiger charge is 2.30. The number of aromatic nitrogens is 1. The molecule has 0 radical (unpaired) electrons. The van der Waals surface area contributed by atoms with Gasteiger partial charge in [0.05, 0.1) is 5.01 Å². The predicted molar refractivity (Wildman–Crippen MR) is 98.5 cm³/mol. The molecule has 5 nitrogen and oxygen atoms in total. The summed E-state index contributed by atoms with van der Waals surface area (Å²) >= 11 is 1.76. The lowest BCUT2D eigenvalue weighted by Gasteiger charge is -2.25. The summed E-state index contributed by atoms with van der Waals surface area (Å²) < 4.78 is 5.37. The Hall–Kier alpha value is -1.14. The molecule has 1 aliphatic rings. The molecule has 1 amide bonds. The summed E-state index contributed by atoms with van der Waals surface area (Å²) in [6.07, 6.45) is 4.82.